The molecule has 0 radical (unpaired) electrons. The first-order valence-electron chi connectivity index (χ1n) is 6.14. The SMILES string of the molecule is CCc1ccc(C(Br)c2ccc(OC)cc2OC)o1. The molecular formula is C15H17BrO3. The van der Waals surface area contributed by atoms with E-state index >= 15 is 0 Å². The Balaban J connectivity index is 2.34. The van der Waals surface area contributed by atoms with E-state index in [-0.39, 0.29) is 4.83 Å². The monoisotopic (exact) mass is 324 g/mol. The van der Waals surface area contributed by atoms with Crippen LogP contribution in [-0.4, -0.2) is 14.2 Å². The molecule has 0 aliphatic rings. The van der Waals surface area contributed by atoms with Crippen LogP contribution in [0.5, 0.6) is 11.5 Å². The Bertz CT molecular complexity index is 548. The fourth-order valence-electron chi connectivity index (χ4n) is 1.90. The summed E-state index contributed by atoms with van der Waals surface area (Å²) in [5.74, 6) is 3.40. The molecule has 0 amide bonds. The van der Waals surface area contributed by atoms with Crippen LogP contribution in [0.3, 0.4) is 0 Å². The molecule has 2 aromatic rings. The Morgan fingerprint density at radius 3 is 2.53 bits per heavy atom. The molecule has 4 heteroatoms. The first-order chi connectivity index (χ1) is 9.19. The summed E-state index contributed by atoms with van der Waals surface area (Å²) in [4.78, 5) is -0.0337. The van der Waals surface area contributed by atoms with Crippen LogP contribution in [0.2, 0.25) is 0 Å². The van der Waals surface area contributed by atoms with Crippen LogP contribution < -0.4 is 9.47 Å². The Hall–Kier alpha value is -1.42. The van der Waals surface area contributed by atoms with Crippen molar-refractivity contribution < 1.29 is 13.9 Å². The van der Waals surface area contributed by atoms with Gasteiger partial charge in [0.2, 0.25) is 0 Å². The third-order valence-corrected chi connectivity index (χ3v) is 3.94. The number of ether oxygens (including phenoxy) is 2. The number of alkyl halides is 1. The Kier molecular flexibility index (Phi) is 4.53. The van der Waals surface area contributed by atoms with E-state index in [4.69, 9.17) is 13.9 Å². The van der Waals surface area contributed by atoms with E-state index in [1.807, 2.05) is 30.3 Å². The lowest BCUT2D eigenvalue weighted by Crippen LogP contribution is -1.97. The van der Waals surface area contributed by atoms with Crippen LogP contribution in [0.4, 0.5) is 0 Å². The van der Waals surface area contributed by atoms with Crippen molar-refractivity contribution in [1.82, 2.24) is 0 Å². The van der Waals surface area contributed by atoms with Crippen molar-refractivity contribution in [3.8, 4) is 11.5 Å². The second-order valence-corrected chi connectivity index (χ2v) is 5.04. The second-order valence-electron chi connectivity index (χ2n) is 4.13. The van der Waals surface area contributed by atoms with Crippen LogP contribution in [0.25, 0.3) is 0 Å². The van der Waals surface area contributed by atoms with E-state index < -0.39 is 0 Å². The van der Waals surface area contributed by atoms with Crippen LogP contribution >= 0.6 is 15.9 Å². The summed E-state index contributed by atoms with van der Waals surface area (Å²) < 4.78 is 16.4. The van der Waals surface area contributed by atoms with Crippen molar-refractivity contribution in [2.75, 3.05) is 14.2 Å². The number of aryl methyl sites for hydroxylation is 1. The first kappa shape index (κ1) is 14.0. The zero-order chi connectivity index (χ0) is 13.8. The minimum Gasteiger partial charge on any atom is -0.497 e. The fraction of sp³-hybridized carbons (Fsp3) is 0.333. The van der Waals surface area contributed by atoms with Gasteiger partial charge in [0.15, 0.2) is 0 Å². The molecule has 3 nitrogen and oxygen atoms in total. The van der Waals surface area contributed by atoms with Gasteiger partial charge in [0.05, 0.1) is 14.2 Å². The van der Waals surface area contributed by atoms with Gasteiger partial charge in [-0.25, -0.2) is 0 Å². The molecule has 0 bridgehead atoms. The molecule has 1 aromatic heterocycles. The Morgan fingerprint density at radius 2 is 1.95 bits per heavy atom. The van der Waals surface area contributed by atoms with E-state index in [1.54, 1.807) is 14.2 Å². The largest absolute Gasteiger partial charge is 0.497 e. The van der Waals surface area contributed by atoms with E-state index in [2.05, 4.69) is 22.9 Å². The van der Waals surface area contributed by atoms with E-state index in [0.29, 0.717) is 0 Å². The van der Waals surface area contributed by atoms with Crippen molar-refractivity contribution in [3.05, 3.63) is 47.4 Å². The van der Waals surface area contributed by atoms with E-state index in [1.165, 1.54) is 0 Å². The molecular weight excluding hydrogens is 308 g/mol. The minimum atomic E-state index is -0.0337. The number of benzene rings is 1. The lowest BCUT2D eigenvalue weighted by atomic mass is 10.1. The molecule has 0 aliphatic heterocycles. The van der Waals surface area contributed by atoms with E-state index in [9.17, 15) is 0 Å². The smallest absolute Gasteiger partial charge is 0.127 e. The number of rotatable bonds is 5. The molecule has 2 rings (SSSR count). The lowest BCUT2D eigenvalue weighted by molar-refractivity contribution is 0.390. The van der Waals surface area contributed by atoms with Gasteiger partial charge in [0, 0.05) is 18.1 Å². The summed E-state index contributed by atoms with van der Waals surface area (Å²) >= 11 is 3.66. The zero-order valence-electron chi connectivity index (χ0n) is 11.3. The molecule has 0 spiro atoms. The van der Waals surface area contributed by atoms with Gasteiger partial charge in [0.1, 0.15) is 27.8 Å². The van der Waals surface area contributed by atoms with Crippen molar-refractivity contribution in [1.29, 1.82) is 0 Å². The first-order valence-corrected chi connectivity index (χ1v) is 7.05. The van der Waals surface area contributed by atoms with Crippen molar-refractivity contribution in [3.63, 3.8) is 0 Å². The number of methoxy groups -OCH3 is 2. The standard InChI is InChI=1S/C15H17BrO3/c1-4-10-6-8-13(19-10)15(16)12-7-5-11(17-2)9-14(12)18-3/h5-9,15H,4H2,1-3H3. The Labute approximate surface area is 121 Å². The van der Waals surface area contributed by atoms with Gasteiger partial charge >= 0.3 is 0 Å². The zero-order valence-corrected chi connectivity index (χ0v) is 12.9. The molecule has 1 atom stereocenters. The van der Waals surface area contributed by atoms with Gasteiger partial charge in [-0.2, -0.15) is 0 Å². The average Bonchev–Trinajstić information content (AvgIpc) is 2.94. The highest BCUT2D eigenvalue weighted by atomic mass is 79.9. The highest BCUT2D eigenvalue weighted by molar-refractivity contribution is 9.09. The minimum absolute atomic E-state index is 0.0337. The quantitative estimate of drug-likeness (QED) is 0.766. The molecule has 0 saturated heterocycles. The summed E-state index contributed by atoms with van der Waals surface area (Å²) in [5, 5.41) is 0. The van der Waals surface area contributed by atoms with Crippen LogP contribution in [0.1, 0.15) is 28.8 Å². The molecule has 0 saturated carbocycles. The predicted molar refractivity (Wildman–Crippen MR) is 78.4 cm³/mol. The highest BCUT2D eigenvalue weighted by Gasteiger charge is 2.19. The third-order valence-electron chi connectivity index (χ3n) is 2.99. The summed E-state index contributed by atoms with van der Waals surface area (Å²) in [6.45, 7) is 2.07. The van der Waals surface area contributed by atoms with Gasteiger partial charge in [-0.05, 0) is 18.2 Å². The summed E-state index contributed by atoms with van der Waals surface area (Å²) in [5.41, 5.74) is 1.01. The third kappa shape index (κ3) is 2.95. The van der Waals surface area contributed by atoms with Crippen LogP contribution in [-0.2, 0) is 6.42 Å². The molecule has 19 heavy (non-hydrogen) atoms. The predicted octanol–water partition coefficient (Wildman–Crippen LogP) is 4.34. The number of hydrogen-bond acceptors (Lipinski definition) is 3. The number of halogens is 1. The molecule has 0 aliphatic carbocycles. The van der Waals surface area contributed by atoms with Crippen LogP contribution in [0, 0.1) is 0 Å². The lowest BCUT2D eigenvalue weighted by Gasteiger charge is -2.13. The summed E-state index contributed by atoms with van der Waals surface area (Å²) in [6.07, 6.45) is 0.888. The van der Waals surface area contributed by atoms with Gasteiger partial charge < -0.3 is 13.9 Å². The number of furan rings is 1. The molecule has 0 fully saturated rings. The topological polar surface area (TPSA) is 31.6 Å². The summed E-state index contributed by atoms with van der Waals surface area (Å²) in [6, 6.07) is 9.75. The molecule has 102 valence electrons. The van der Waals surface area contributed by atoms with Gasteiger partial charge in [-0.3, -0.25) is 0 Å². The maximum Gasteiger partial charge on any atom is 0.127 e. The number of hydrogen-bond donors (Lipinski definition) is 0. The van der Waals surface area contributed by atoms with Gasteiger partial charge in [-0.15, -0.1) is 0 Å². The second kappa shape index (κ2) is 6.15. The average molecular weight is 325 g/mol. The maximum absolute atomic E-state index is 5.77. The van der Waals surface area contributed by atoms with Crippen molar-refractivity contribution >= 4 is 15.9 Å². The van der Waals surface area contributed by atoms with Gasteiger partial charge in [0.25, 0.3) is 0 Å². The fourth-order valence-corrected chi connectivity index (χ4v) is 2.53. The summed E-state index contributed by atoms with van der Waals surface area (Å²) in [7, 11) is 3.29. The molecule has 1 unspecified atom stereocenters. The van der Waals surface area contributed by atoms with Crippen molar-refractivity contribution in [2.45, 2.75) is 18.2 Å². The van der Waals surface area contributed by atoms with Gasteiger partial charge in [-0.1, -0.05) is 28.9 Å². The molecule has 1 heterocycles. The Morgan fingerprint density at radius 1 is 1.16 bits per heavy atom. The van der Waals surface area contributed by atoms with E-state index in [0.717, 1.165) is 35.0 Å². The maximum atomic E-state index is 5.77. The molecule has 0 N–H and O–H groups in total. The molecule has 1 aromatic carbocycles. The normalized spacial score (nSPS) is 12.2. The van der Waals surface area contributed by atoms with Crippen molar-refractivity contribution in [2.24, 2.45) is 0 Å². The van der Waals surface area contributed by atoms with Crippen LogP contribution in [0.15, 0.2) is 34.7 Å². The highest BCUT2D eigenvalue weighted by Crippen LogP contribution is 2.38.